The Balaban J connectivity index is 1.60. The van der Waals surface area contributed by atoms with Gasteiger partial charge in [0.2, 0.25) is 0 Å². The van der Waals surface area contributed by atoms with E-state index in [2.05, 4.69) is 19.9 Å². The molecule has 36 heavy (non-hydrogen) atoms. The Kier molecular flexibility index (Phi) is 6.05. The summed E-state index contributed by atoms with van der Waals surface area (Å²) >= 11 is 0. The van der Waals surface area contributed by atoms with E-state index in [1.165, 1.54) is 10.6 Å². The van der Waals surface area contributed by atoms with Gasteiger partial charge >= 0.3 is 6.18 Å². The number of fused-ring (bicyclic) bond motifs is 1. The lowest BCUT2D eigenvalue weighted by molar-refractivity contribution is -0.142. The molecular weight excluding hydrogens is 474 g/mol. The first-order chi connectivity index (χ1) is 17.1. The normalized spacial score (nSPS) is 18.2. The van der Waals surface area contributed by atoms with Crippen molar-refractivity contribution in [3.05, 3.63) is 92.8 Å². The smallest absolute Gasteiger partial charge is 0.285 e. The predicted octanol–water partition coefficient (Wildman–Crippen LogP) is 5.46. The summed E-state index contributed by atoms with van der Waals surface area (Å²) in [6.45, 7) is 3.11. The second-order valence-corrected chi connectivity index (χ2v) is 9.24. The summed E-state index contributed by atoms with van der Waals surface area (Å²) in [5.41, 5.74) is 1.10. The number of nitrogens with zero attached hydrogens (tertiary/aromatic N) is 5. The van der Waals surface area contributed by atoms with Gasteiger partial charge in [-0.05, 0) is 68.2 Å². The summed E-state index contributed by atoms with van der Waals surface area (Å²) in [4.78, 5) is 29.8. The van der Waals surface area contributed by atoms with E-state index in [-0.39, 0.29) is 29.0 Å². The molecule has 1 aliphatic rings. The van der Waals surface area contributed by atoms with Gasteiger partial charge < -0.3 is 0 Å². The highest BCUT2D eigenvalue weighted by atomic mass is 19.4. The molecule has 2 atom stereocenters. The number of rotatable bonds is 4. The van der Waals surface area contributed by atoms with Crippen LogP contribution in [0.5, 0.6) is 0 Å². The molecule has 1 saturated carbocycles. The first kappa shape index (κ1) is 24.0. The van der Waals surface area contributed by atoms with E-state index in [1.807, 2.05) is 13.0 Å². The molecule has 0 aliphatic heterocycles. The fraction of sp³-hybridized carbons (Fsp3) is 0.346. The minimum Gasteiger partial charge on any atom is -0.285 e. The maximum absolute atomic E-state index is 14.6. The van der Waals surface area contributed by atoms with E-state index in [4.69, 9.17) is 0 Å². The third-order valence-electron chi connectivity index (χ3n) is 6.84. The van der Waals surface area contributed by atoms with Crippen LogP contribution in [0.3, 0.4) is 0 Å². The minimum atomic E-state index is -4.72. The molecule has 1 aliphatic carbocycles. The summed E-state index contributed by atoms with van der Waals surface area (Å²) in [6, 6.07) is 6.65. The van der Waals surface area contributed by atoms with E-state index in [9.17, 15) is 22.4 Å². The van der Waals surface area contributed by atoms with Gasteiger partial charge in [0.25, 0.3) is 5.56 Å². The highest BCUT2D eigenvalue weighted by molar-refractivity contribution is 5.71. The van der Waals surface area contributed by atoms with Crippen LogP contribution in [0.25, 0.3) is 11.2 Å². The van der Waals surface area contributed by atoms with Crippen LogP contribution in [0.15, 0.2) is 47.7 Å². The highest BCUT2D eigenvalue weighted by Crippen LogP contribution is 2.44. The molecule has 1 fully saturated rings. The van der Waals surface area contributed by atoms with E-state index < -0.39 is 24.0 Å². The molecule has 1 aromatic carbocycles. The first-order valence-corrected chi connectivity index (χ1v) is 11.6. The average Bonchev–Trinajstić information content (AvgIpc) is 3.30. The Labute approximate surface area is 204 Å². The minimum absolute atomic E-state index is 0.0549. The molecule has 0 saturated heterocycles. The molecule has 4 aromatic rings. The van der Waals surface area contributed by atoms with Crippen molar-refractivity contribution in [1.29, 1.82) is 0 Å². The molecule has 3 heterocycles. The molecule has 0 unspecified atom stereocenters. The molecule has 0 radical (unpaired) electrons. The number of alkyl halides is 3. The van der Waals surface area contributed by atoms with E-state index in [0.29, 0.717) is 41.6 Å². The van der Waals surface area contributed by atoms with Crippen molar-refractivity contribution in [2.75, 3.05) is 0 Å². The van der Waals surface area contributed by atoms with Crippen LogP contribution in [0.2, 0.25) is 0 Å². The summed E-state index contributed by atoms with van der Waals surface area (Å²) in [7, 11) is 0. The summed E-state index contributed by atoms with van der Waals surface area (Å²) < 4.78 is 56.5. The Hall–Kier alpha value is -3.69. The predicted molar refractivity (Wildman–Crippen MR) is 125 cm³/mol. The maximum atomic E-state index is 14.6. The molecule has 186 valence electrons. The van der Waals surface area contributed by atoms with E-state index >= 15 is 0 Å². The van der Waals surface area contributed by atoms with Crippen molar-refractivity contribution in [3.63, 3.8) is 0 Å². The topological polar surface area (TPSA) is 73.6 Å². The van der Waals surface area contributed by atoms with Crippen LogP contribution in [-0.2, 0) is 12.7 Å². The van der Waals surface area contributed by atoms with Crippen LogP contribution >= 0.6 is 0 Å². The summed E-state index contributed by atoms with van der Waals surface area (Å²) in [5, 5.41) is 0. The fourth-order valence-corrected chi connectivity index (χ4v) is 5.23. The lowest BCUT2D eigenvalue weighted by Crippen LogP contribution is -2.28. The number of aryl methyl sites for hydroxylation is 2. The zero-order chi connectivity index (χ0) is 25.6. The second kappa shape index (κ2) is 9.07. The zero-order valence-electron chi connectivity index (χ0n) is 19.7. The first-order valence-electron chi connectivity index (χ1n) is 11.6. The lowest BCUT2D eigenvalue weighted by Gasteiger charge is -2.18. The van der Waals surface area contributed by atoms with Gasteiger partial charge in [0.15, 0.2) is 11.3 Å². The molecular formula is C26H23F4N5O. The van der Waals surface area contributed by atoms with Crippen LogP contribution in [0, 0.1) is 19.7 Å². The third-order valence-corrected chi connectivity index (χ3v) is 6.84. The lowest BCUT2D eigenvalue weighted by atomic mass is 9.90. The number of pyridine rings is 1. The Morgan fingerprint density at radius 3 is 2.56 bits per heavy atom. The van der Waals surface area contributed by atoms with E-state index in [0.717, 1.165) is 18.0 Å². The van der Waals surface area contributed by atoms with Gasteiger partial charge in [0, 0.05) is 24.2 Å². The van der Waals surface area contributed by atoms with Crippen LogP contribution in [0.4, 0.5) is 17.6 Å². The van der Waals surface area contributed by atoms with Gasteiger partial charge in [0.1, 0.15) is 11.3 Å². The monoisotopic (exact) mass is 497 g/mol. The SMILES string of the molecule is Cc1cnc2cc([C@H]3CC[C@@H](c4c(C)cccc4F)C3)c(=O)n(Cc3nccnc3C(F)(F)F)c2n1. The van der Waals surface area contributed by atoms with Crippen molar-refractivity contribution >= 4 is 11.2 Å². The second-order valence-electron chi connectivity index (χ2n) is 9.24. The molecule has 0 bridgehead atoms. The van der Waals surface area contributed by atoms with Gasteiger partial charge in [-0.2, -0.15) is 13.2 Å². The molecule has 0 spiro atoms. The number of halogens is 4. The molecule has 0 N–H and O–H groups in total. The molecule has 5 rings (SSSR count). The van der Waals surface area contributed by atoms with Gasteiger partial charge in [-0.3, -0.25) is 19.3 Å². The van der Waals surface area contributed by atoms with Gasteiger partial charge in [0.05, 0.1) is 17.9 Å². The fourth-order valence-electron chi connectivity index (χ4n) is 5.23. The van der Waals surface area contributed by atoms with Crippen molar-refractivity contribution < 1.29 is 17.6 Å². The standard InChI is InChI=1S/C26H23F4N5O/c1-14-4-3-5-19(27)22(14)17-7-6-16(10-17)18-11-20-24(34-15(2)12-33-20)35(25(18)36)13-21-23(26(28,29)30)32-9-8-31-21/h3-5,8-9,11-12,16-17H,6-7,10,13H2,1-2H3/t16-,17+/m0/s1. The summed E-state index contributed by atoms with van der Waals surface area (Å²) in [5.74, 6) is -0.509. The Morgan fingerprint density at radius 2 is 1.81 bits per heavy atom. The number of aromatic nitrogens is 5. The third kappa shape index (κ3) is 4.36. The van der Waals surface area contributed by atoms with Crippen molar-refractivity contribution in [3.8, 4) is 0 Å². The number of hydrogen-bond acceptors (Lipinski definition) is 5. The van der Waals surface area contributed by atoms with Gasteiger partial charge in [-0.1, -0.05) is 12.1 Å². The Bertz CT molecular complexity index is 1490. The quantitative estimate of drug-likeness (QED) is 0.350. The van der Waals surface area contributed by atoms with Crippen LogP contribution in [-0.4, -0.2) is 24.5 Å². The van der Waals surface area contributed by atoms with Crippen LogP contribution < -0.4 is 5.56 Å². The summed E-state index contributed by atoms with van der Waals surface area (Å²) in [6.07, 6.45) is 0.862. The van der Waals surface area contributed by atoms with Crippen molar-refractivity contribution in [2.45, 2.75) is 57.7 Å². The van der Waals surface area contributed by atoms with Crippen molar-refractivity contribution in [2.24, 2.45) is 0 Å². The average molecular weight is 497 g/mol. The molecule has 10 heteroatoms. The molecule has 3 aromatic heterocycles. The number of benzene rings is 1. The Morgan fingerprint density at radius 1 is 1.06 bits per heavy atom. The maximum Gasteiger partial charge on any atom is 0.435 e. The molecule has 0 amide bonds. The highest BCUT2D eigenvalue weighted by Gasteiger charge is 2.37. The number of hydrogen-bond donors (Lipinski definition) is 0. The van der Waals surface area contributed by atoms with E-state index in [1.54, 1.807) is 25.3 Å². The van der Waals surface area contributed by atoms with Gasteiger partial charge in [-0.15, -0.1) is 0 Å². The van der Waals surface area contributed by atoms with Gasteiger partial charge in [-0.25, -0.2) is 14.4 Å². The molecule has 6 nitrogen and oxygen atoms in total. The zero-order valence-corrected chi connectivity index (χ0v) is 19.7. The van der Waals surface area contributed by atoms with Crippen LogP contribution in [0.1, 0.15) is 64.9 Å². The largest absolute Gasteiger partial charge is 0.435 e. The van der Waals surface area contributed by atoms with Crippen molar-refractivity contribution in [1.82, 2.24) is 24.5 Å².